The van der Waals surface area contributed by atoms with Crippen LogP contribution in [0.3, 0.4) is 0 Å². The van der Waals surface area contributed by atoms with Gasteiger partial charge in [0.25, 0.3) is 5.91 Å². The highest BCUT2D eigenvalue weighted by Gasteiger charge is 2.61. The topological polar surface area (TPSA) is 97.2 Å². The minimum absolute atomic E-state index is 0.129. The first kappa shape index (κ1) is 23.6. The zero-order valence-electron chi connectivity index (χ0n) is 20.9. The summed E-state index contributed by atoms with van der Waals surface area (Å²) < 4.78 is 0. The maximum absolute atomic E-state index is 13.1. The van der Waals surface area contributed by atoms with Crippen molar-refractivity contribution in [1.82, 2.24) is 20.2 Å². The van der Waals surface area contributed by atoms with Crippen LogP contribution in [0.1, 0.15) is 50.5 Å². The first-order chi connectivity index (χ1) is 16.8. The molecule has 184 valence electrons. The van der Waals surface area contributed by atoms with Crippen LogP contribution in [0.25, 0.3) is 0 Å². The third kappa shape index (κ3) is 4.34. The van der Waals surface area contributed by atoms with E-state index < -0.39 is 0 Å². The zero-order valence-corrected chi connectivity index (χ0v) is 20.9. The molecule has 2 saturated carbocycles. The molecule has 1 aliphatic heterocycles. The third-order valence-electron chi connectivity index (χ3n) is 9.14. The summed E-state index contributed by atoms with van der Waals surface area (Å²) >= 11 is 0. The highest BCUT2D eigenvalue weighted by molar-refractivity contribution is 5.92. The summed E-state index contributed by atoms with van der Waals surface area (Å²) in [5.74, 6) is 0.954. The van der Waals surface area contributed by atoms with Crippen molar-refractivity contribution in [3.05, 3.63) is 42.2 Å². The number of nitriles is 1. The van der Waals surface area contributed by atoms with E-state index in [-0.39, 0.29) is 22.8 Å². The van der Waals surface area contributed by atoms with Gasteiger partial charge in [0, 0.05) is 49.8 Å². The minimum Gasteiger partial charge on any atom is -0.369 e. The second-order valence-electron chi connectivity index (χ2n) is 11.0. The molecule has 2 aliphatic carbocycles. The molecule has 2 bridgehead atoms. The number of anilines is 3. The average Bonchev–Trinajstić information content (AvgIpc) is 3.19. The molecule has 2 N–H and O–H groups in total. The van der Waals surface area contributed by atoms with E-state index in [1.165, 1.54) is 6.42 Å². The Kier molecular flexibility index (Phi) is 6.14. The predicted molar refractivity (Wildman–Crippen MR) is 137 cm³/mol. The molecular formula is C27H35N7O. The van der Waals surface area contributed by atoms with Gasteiger partial charge in [-0.25, -0.2) is 9.97 Å². The first-order valence-corrected chi connectivity index (χ1v) is 12.7. The highest BCUT2D eigenvalue weighted by Crippen LogP contribution is 2.65. The summed E-state index contributed by atoms with van der Waals surface area (Å²) in [5.41, 5.74) is 2.80. The van der Waals surface area contributed by atoms with E-state index in [9.17, 15) is 4.79 Å². The van der Waals surface area contributed by atoms with Crippen LogP contribution in [0.5, 0.6) is 0 Å². The van der Waals surface area contributed by atoms with Gasteiger partial charge in [-0.2, -0.15) is 5.26 Å². The number of fused-ring (bicyclic) bond motifs is 2. The molecular weight excluding hydrogens is 438 g/mol. The molecule has 1 aromatic carbocycles. The molecule has 1 aromatic heterocycles. The van der Waals surface area contributed by atoms with Gasteiger partial charge >= 0.3 is 0 Å². The standard InChI is InChI=1S/C27H35N7O/c1-26(2)19-8-10-27(26,3)23(18-19)32-24(35)22-9-12-29-25(31-22)30-20-4-6-21(7-5-20)34-16-14-33(13-11-28)15-17-34/h4-7,9,12,19,23H,8,10,13-18H2,1-3H3,(H,32,35)(H,29,30,31). The molecule has 8 heteroatoms. The van der Waals surface area contributed by atoms with Gasteiger partial charge in [-0.3, -0.25) is 9.69 Å². The molecule has 3 unspecified atom stereocenters. The lowest BCUT2D eigenvalue weighted by Crippen LogP contribution is -2.47. The SMILES string of the molecule is CC1(C)C2CCC1(C)C(NC(=O)c1ccnc(Nc3ccc(N4CCN(CC#N)CC4)cc3)n1)C2. The van der Waals surface area contributed by atoms with Crippen molar-refractivity contribution >= 4 is 23.2 Å². The number of rotatable bonds is 6. The van der Waals surface area contributed by atoms with Crippen LogP contribution in [0, 0.1) is 28.1 Å². The van der Waals surface area contributed by atoms with Crippen LogP contribution in [0.2, 0.25) is 0 Å². The maximum Gasteiger partial charge on any atom is 0.270 e. The van der Waals surface area contributed by atoms with Crippen molar-refractivity contribution < 1.29 is 4.79 Å². The summed E-state index contributed by atoms with van der Waals surface area (Å²) in [5, 5.41) is 15.4. The Morgan fingerprint density at radius 2 is 1.89 bits per heavy atom. The van der Waals surface area contributed by atoms with Gasteiger partial charge in [0.2, 0.25) is 5.95 Å². The Morgan fingerprint density at radius 3 is 2.51 bits per heavy atom. The normalized spacial score (nSPS) is 27.4. The predicted octanol–water partition coefficient (Wildman–Crippen LogP) is 3.81. The number of carbonyl (C=O) groups excluding carboxylic acids is 1. The quantitative estimate of drug-likeness (QED) is 0.616. The van der Waals surface area contributed by atoms with Gasteiger partial charge in [-0.15, -0.1) is 0 Å². The number of hydrogen-bond donors (Lipinski definition) is 2. The largest absolute Gasteiger partial charge is 0.369 e. The smallest absolute Gasteiger partial charge is 0.270 e. The summed E-state index contributed by atoms with van der Waals surface area (Å²) in [6, 6.07) is 12.3. The van der Waals surface area contributed by atoms with Crippen molar-refractivity contribution in [2.75, 3.05) is 42.9 Å². The number of amides is 1. The monoisotopic (exact) mass is 473 g/mol. The van der Waals surface area contributed by atoms with Crippen molar-refractivity contribution in [3.63, 3.8) is 0 Å². The molecule has 3 fully saturated rings. The molecule has 35 heavy (non-hydrogen) atoms. The van der Waals surface area contributed by atoms with E-state index in [2.05, 4.69) is 69.4 Å². The van der Waals surface area contributed by atoms with Crippen molar-refractivity contribution in [3.8, 4) is 6.07 Å². The van der Waals surface area contributed by atoms with Crippen LogP contribution in [0.4, 0.5) is 17.3 Å². The third-order valence-corrected chi connectivity index (χ3v) is 9.14. The molecule has 1 saturated heterocycles. The minimum atomic E-state index is -0.129. The number of hydrogen-bond acceptors (Lipinski definition) is 7. The lowest BCUT2D eigenvalue weighted by molar-refractivity contribution is 0.0821. The summed E-state index contributed by atoms with van der Waals surface area (Å²) in [6.07, 6.45) is 5.10. The van der Waals surface area contributed by atoms with Crippen LogP contribution in [0.15, 0.2) is 36.5 Å². The van der Waals surface area contributed by atoms with Crippen molar-refractivity contribution in [2.24, 2.45) is 16.7 Å². The van der Waals surface area contributed by atoms with E-state index in [4.69, 9.17) is 5.26 Å². The number of carbonyl (C=O) groups is 1. The molecule has 2 heterocycles. The fraction of sp³-hybridized carbons (Fsp3) is 0.556. The summed E-state index contributed by atoms with van der Waals surface area (Å²) in [4.78, 5) is 26.4. The van der Waals surface area contributed by atoms with Gasteiger partial charge in [0.1, 0.15) is 5.69 Å². The van der Waals surface area contributed by atoms with Crippen molar-refractivity contribution in [2.45, 2.75) is 46.1 Å². The van der Waals surface area contributed by atoms with E-state index in [1.807, 2.05) is 12.1 Å². The molecule has 0 radical (unpaired) electrons. The van der Waals surface area contributed by atoms with Gasteiger partial charge in [-0.05, 0) is 66.3 Å². The molecule has 0 spiro atoms. The Hall–Kier alpha value is -3.18. The zero-order chi connectivity index (χ0) is 24.6. The van der Waals surface area contributed by atoms with E-state index in [0.717, 1.165) is 50.4 Å². The number of aromatic nitrogens is 2. The average molecular weight is 474 g/mol. The molecule has 1 amide bonds. The Morgan fingerprint density at radius 1 is 1.14 bits per heavy atom. The fourth-order valence-corrected chi connectivity index (χ4v) is 6.35. The lowest BCUT2D eigenvalue weighted by Gasteiger charge is -2.39. The Bertz CT molecular complexity index is 1120. The maximum atomic E-state index is 13.1. The van der Waals surface area contributed by atoms with E-state index in [0.29, 0.717) is 24.1 Å². The van der Waals surface area contributed by atoms with E-state index >= 15 is 0 Å². The van der Waals surface area contributed by atoms with Crippen LogP contribution in [-0.2, 0) is 0 Å². The van der Waals surface area contributed by atoms with Crippen molar-refractivity contribution in [1.29, 1.82) is 5.26 Å². The molecule has 3 atom stereocenters. The molecule has 8 nitrogen and oxygen atoms in total. The number of nitrogens with zero attached hydrogens (tertiary/aromatic N) is 5. The van der Waals surface area contributed by atoms with Crippen LogP contribution in [-0.4, -0.2) is 59.5 Å². The van der Waals surface area contributed by atoms with E-state index in [1.54, 1.807) is 12.3 Å². The Balaban J connectivity index is 1.20. The number of nitrogens with one attached hydrogen (secondary N) is 2. The van der Waals surface area contributed by atoms with Gasteiger partial charge in [0.15, 0.2) is 0 Å². The van der Waals surface area contributed by atoms with Gasteiger partial charge in [0.05, 0.1) is 12.6 Å². The summed E-state index contributed by atoms with van der Waals surface area (Å²) in [7, 11) is 0. The molecule has 2 aromatic rings. The lowest BCUT2D eigenvalue weighted by atomic mass is 9.69. The molecule has 3 aliphatic rings. The highest BCUT2D eigenvalue weighted by atomic mass is 16.2. The van der Waals surface area contributed by atoms with Crippen LogP contribution < -0.4 is 15.5 Å². The van der Waals surface area contributed by atoms with Gasteiger partial charge in [-0.1, -0.05) is 20.8 Å². The summed E-state index contributed by atoms with van der Waals surface area (Å²) in [6.45, 7) is 11.1. The Labute approximate surface area is 207 Å². The second-order valence-corrected chi connectivity index (χ2v) is 11.0. The first-order valence-electron chi connectivity index (χ1n) is 12.7. The second kappa shape index (κ2) is 9.12. The molecule has 5 rings (SSSR count). The number of benzene rings is 1. The van der Waals surface area contributed by atoms with Crippen LogP contribution >= 0.6 is 0 Å². The number of piperazine rings is 1. The van der Waals surface area contributed by atoms with Gasteiger partial charge < -0.3 is 15.5 Å². The fourth-order valence-electron chi connectivity index (χ4n) is 6.35.